The number of piperidine rings is 1. The fraction of sp³-hybridized carbons (Fsp3) is 0.412. The van der Waals surface area contributed by atoms with Gasteiger partial charge in [-0.1, -0.05) is 26.0 Å². The van der Waals surface area contributed by atoms with Gasteiger partial charge in [0.25, 0.3) is 11.8 Å². The van der Waals surface area contributed by atoms with Crippen LogP contribution in [0.1, 0.15) is 64.4 Å². The van der Waals surface area contributed by atoms with Crippen molar-refractivity contribution in [3.63, 3.8) is 0 Å². The molecule has 0 aliphatic carbocycles. The van der Waals surface area contributed by atoms with Crippen molar-refractivity contribution in [3.05, 3.63) is 34.4 Å². The third kappa shape index (κ3) is 2.25. The van der Waals surface area contributed by atoms with E-state index in [1.165, 1.54) is 0 Å². The van der Waals surface area contributed by atoms with E-state index in [9.17, 15) is 19.2 Å². The number of imide groups is 2. The molecule has 3 rings (SSSR count). The van der Waals surface area contributed by atoms with Gasteiger partial charge in [0.1, 0.15) is 6.04 Å². The lowest BCUT2D eigenvalue weighted by atomic mass is 9.92. The molecule has 0 aromatic heterocycles. The molecule has 1 fully saturated rings. The fourth-order valence-electron chi connectivity index (χ4n) is 3.25. The Hall–Kier alpha value is -2.50. The quantitative estimate of drug-likeness (QED) is 0.839. The Morgan fingerprint density at radius 2 is 1.74 bits per heavy atom. The molecule has 1 saturated heterocycles. The maximum absolute atomic E-state index is 12.9. The molecule has 2 aliphatic rings. The van der Waals surface area contributed by atoms with Crippen LogP contribution in [0.15, 0.2) is 12.1 Å². The van der Waals surface area contributed by atoms with Gasteiger partial charge in [-0.15, -0.1) is 0 Å². The van der Waals surface area contributed by atoms with Crippen molar-refractivity contribution in [1.29, 1.82) is 0 Å². The number of hydrogen-bond acceptors (Lipinski definition) is 4. The Morgan fingerprint density at radius 3 is 2.35 bits per heavy atom. The molecule has 1 atom stereocenters. The van der Waals surface area contributed by atoms with E-state index < -0.39 is 23.8 Å². The molecule has 0 radical (unpaired) electrons. The fourth-order valence-corrected chi connectivity index (χ4v) is 3.25. The van der Waals surface area contributed by atoms with Gasteiger partial charge in [-0.3, -0.25) is 29.4 Å². The topological polar surface area (TPSA) is 83.6 Å². The average Bonchev–Trinajstić information content (AvgIpc) is 2.73. The highest BCUT2D eigenvalue weighted by molar-refractivity contribution is 6.24. The molecule has 2 heterocycles. The lowest BCUT2D eigenvalue weighted by molar-refractivity contribution is -0.136. The number of aryl methyl sites for hydroxylation is 1. The van der Waals surface area contributed by atoms with Gasteiger partial charge in [0.05, 0.1) is 11.1 Å². The SMILES string of the molecule is Cc1ccc(C(C)C)c2c1C(=O)N(C1CCC(=O)NC1=O)C2=O. The Balaban J connectivity index is 2.08. The van der Waals surface area contributed by atoms with Gasteiger partial charge in [-0.2, -0.15) is 0 Å². The first kappa shape index (κ1) is 15.4. The Labute approximate surface area is 133 Å². The normalized spacial score (nSPS) is 21.0. The third-order valence-corrected chi connectivity index (χ3v) is 4.46. The maximum Gasteiger partial charge on any atom is 0.262 e. The van der Waals surface area contributed by atoms with Crippen molar-refractivity contribution in [2.24, 2.45) is 0 Å². The summed E-state index contributed by atoms with van der Waals surface area (Å²) in [6.07, 6.45) is 0.298. The van der Waals surface area contributed by atoms with Crippen LogP contribution < -0.4 is 5.32 Å². The first-order valence-corrected chi connectivity index (χ1v) is 7.68. The molecule has 1 N–H and O–H groups in total. The van der Waals surface area contributed by atoms with Crippen LogP contribution in [0.3, 0.4) is 0 Å². The van der Waals surface area contributed by atoms with E-state index in [0.717, 1.165) is 16.0 Å². The summed E-state index contributed by atoms with van der Waals surface area (Å²) < 4.78 is 0. The molecular weight excluding hydrogens is 296 g/mol. The minimum absolute atomic E-state index is 0.0859. The standard InChI is InChI=1S/C17H18N2O4/c1-8(2)10-5-4-9(3)13-14(10)17(23)19(16(13)22)11-6-7-12(20)18-15(11)21/h4-5,8,11H,6-7H2,1-3H3,(H,18,20,21). The maximum atomic E-state index is 12.9. The van der Waals surface area contributed by atoms with Gasteiger partial charge in [0, 0.05) is 6.42 Å². The Kier molecular flexibility index (Phi) is 3.55. The van der Waals surface area contributed by atoms with Crippen molar-refractivity contribution >= 4 is 23.6 Å². The van der Waals surface area contributed by atoms with E-state index in [4.69, 9.17) is 0 Å². The van der Waals surface area contributed by atoms with Crippen LogP contribution >= 0.6 is 0 Å². The summed E-state index contributed by atoms with van der Waals surface area (Å²) in [5.41, 5.74) is 2.30. The minimum Gasteiger partial charge on any atom is -0.295 e. The van der Waals surface area contributed by atoms with Crippen LogP contribution in [0, 0.1) is 6.92 Å². The largest absolute Gasteiger partial charge is 0.295 e. The van der Waals surface area contributed by atoms with Crippen LogP contribution in [0.25, 0.3) is 0 Å². The molecule has 23 heavy (non-hydrogen) atoms. The zero-order chi connectivity index (χ0) is 16.9. The minimum atomic E-state index is -0.917. The van der Waals surface area contributed by atoms with E-state index in [1.807, 2.05) is 26.0 Å². The summed E-state index contributed by atoms with van der Waals surface area (Å²) in [6.45, 7) is 5.69. The van der Waals surface area contributed by atoms with Gasteiger partial charge < -0.3 is 0 Å². The van der Waals surface area contributed by atoms with E-state index in [1.54, 1.807) is 6.92 Å². The van der Waals surface area contributed by atoms with E-state index in [-0.39, 0.29) is 24.7 Å². The van der Waals surface area contributed by atoms with Crippen molar-refractivity contribution in [2.75, 3.05) is 0 Å². The molecule has 6 heteroatoms. The highest BCUT2D eigenvalue weighted by Crippen LogP contribution is 2.34. The molecule has 1 aromatic rings. The molecule has 4 amide bonds. The monoisotopic (exact) mass is 314 g/mol. The van der Waals surface area contributed by atoms with Crippen LogP contribution in [-0.2, 0) is 9.59 Å². The predicted octanol–water partition coefficient (Wildman–Crippen LogP) is 1.52. The molecule has 0 saturated carbocycles. The second-order valence-corrected chi connectivity index (χ2v) is 6.32. The molecule has 1 aromatic carbocycles. The number of nitrogens with one attached hydrogen (secondary N) is 1. The van der Waals surface area contributed by atoms with Crippen LogP contribution in [-0.4, -0.2) is 34.6 Å². The number of carbonyl (C=O) groups excluding carboxylic acids is 4. The summed E-state index contributed by atoms with van der Waals surface area (Å²) in [5.74, 6) is -1.75. The first-order chi connectivity index (χ1) is 10.8. The van der Waals surface area contributed by atoms with Gasteiger partial charge >= 0.3 is 0 Å². The van der Waals surface area contributed by atoms with Crippen LogP contribution in [0.4, 0.5) is 0 Å². The van der Waals surface area contributed by atoms with Crippen molar-refractivity contribution in [3.8, 4) is 0 Å². The summed E-state index contributed by atoms with van der Waals surface area (Å²) >= 11 is 0. The zero-order valence-corrected chi connectivity index (χ0v) is 13.3. The zero-order valence-electron chi connectivity index (χ0n) is 13.3. The average molecular weight is 314 g/mol. The highest BCUT2D eigenvalue weighted by atomic mass is 16.2. The molecule has 0 bridgehead atoms. The van der Waals surface area contributed by atoms with Crippen LogP contribution in [0.2, 0.25) is 0 Å². The number of benzene rings is 1. The third-order valence-electron chi connectivity index (χ3n) is 4.46. The highest BCUT2D eigenvalue weighted by Gasteiger charge is 2.46. The van der Waals surface area contributed by atoms with Gasteiger partial charge in [-0.05, 0) is 30.4 Å². The molecular formula is C17H18N2O4. The van der Waals surface area contributed by atoms with E-state index >= 15 is 0 Å². The number of nitrogens with zero attached hydrogens (tertiary/aromatic N) is 1. The first-order valence-electron chi connectivity index (χ1n) is 7.68. The van der Waals surface area contributed by atoms with Crippen molar-refractivity contribution in [1.82, 2.24) is 10.2 Å². The van der Waals surface area contributed by atoms with Gasteiger partial charge in [0.2, 0.25) is 11.8 Å². The van der Waals surface area contributed by atoms with Gasteiger partial charge in [-0.25, -0.2) is 0 Å². The van der Waals surface area contributed by atoms with Gasteiger partial charge in [0.15, 0.2) is 0 Å². The molecule has 0 spiro atoms. The van der Waals surface area contributed by atoms with E-state index in [2.05, 4.69) is 5.32 Å². The number of rotatable bonds is 2. The Morgan fingerprint density at radius 1 is 1.09 bits per heavy atom. The smallest absolute Gasteiger partial charge is 0.262 e. The number of fused-ring (bicyclic) bond motifs is 1. The molecule has 1 unspecified atom stereocenters. The van der Waals surface area contributed by atoms with Crippen molar-refractivity contribution in [2.45, 2.75) is 45.6 Å². The summed E-state index contributed by atoms with van der Waals surface area (Å²) in [7, 11) is 0. The van der Waals surface area contributed by atoms with E-state index in [0.29, 0.717) is 11.1 Å². The predicted molar refractivity (Wildman–Crippen MR) is 81.9 cm³/mol. The van der Waals surface area contributed by atoms with Crippen molar-refractivity contribution < 1.29 is 19.2 Å². The molecule has 6 nitrogen and oxygen atoms in total. The summed E-state index contributed by atoms with van der Waals surface area (Å²) in [6, 6.07) is 2.77. The second-order valence-electron chi connectivity index (χ2n) is 6.32. The molecule has 2 aliphatic heterocycles. The summed E-state index contributed by atoms with van der Waals surface area (Å²) in [4.78, 5) is 50.0. The molecule has 120 valence electrons. The Bertz CT molecular complexity index is 751. The van der Waals surface area contributed by atoms with Crippen LogP contribution in [0.5, 0.6) is 0 Å². The number of carbonyl (C=O) groups is 4. The lowest BCUT2D eigenvalue weighted by Crippen LogP contribution is -2.54. The number of hydrogen-bond donors (Lipinski definition) is 1. The lowest BCUT2D eigenvalue weighted by Gasteiger charge is -2.28. The number of amides is 4. The summed E-state index contributed by atoms with van der Waals surface area (Å²) in [5, 5.41) is 2.20. The second kappa shape index (κ2) is 5.30.